The lowest BCUT2D eigenvalue weighted by Crippen LogP contribution is -2.36. The van der Waals surface area contributed by atoms with E-state index in [0.717, 1.165) is 4.47 Å². The van der Waals surface area contributed by atoms with E-state index in [1.807, 2.05) is 6.07 Å². The molecule has 0 unspecified atom stereocenters. The standard InChI is InChI=1S/C12H15BrN2O2/c1-9(16)15(7-3-6-14)12(17)10-4-2-5-11(13)8-10/h2,4-5,8H,3,6-7,14H2,1H3. The maximum atomic E-state index is 12.1. The van der Waals surface area contributed by atoms with Crippen molar-refractivity contribution in [2.24, 2.45) is 5.73 Å². The largest absolute Gasteiger partial charge is 0.330 e. The molecule has 0 saturated heterocycles. The SMILES string of the molecule is CC(=O)N(CCCN)C(=O)c1cccc(Br)c1. The third-order valence-corrected chi connectivity index (χ3v) is 2.78. The van der Waals surface area contributed by atoms with Crippen LogP contribution in [0.15, 0.2) is 28.7 Å². The third-order valence-electron chi connectivity index (χ3n) is 2.28. The van der Waals surface area contributed by atoms with Crippen LogP contribution in [0.4, 0.5) is 0 Å². The number of nitrogens with two attached hydrogens (primary N) is 1. The first-order valence-corrected chi connectivity index (χ1v) is 6.13. The first kappa shape index (κ1) is 13.9. The first-order valence-electron chi connectivity index (χ1n) is 5.34. The fraction of sp³-hybridized carbons (Fsp3) is 0.333. The minimum absolute atomic E-state index is 0.261. The highest BCUT2D eigenvalue weighted by Gasteiger charge is 2.18. The van der Waals surface area contributed by atoms with E-state index >= 15 is 0 Å². The molecule has 92 valence electrons. The van der Waals surface area contributed by atoms with Crippen LogP contribution in [0, 0.1) is 0 Å². The Hall–Kier alpha value is -1.20. The molecule has 0 atom stereocenters. The molecule has 0 saturated carbocycles. The van der Waals surface area contributed by atoms with Gasteiger partial charge in [-0.05, 0) is 31.2 Å². The average molecular weight is 299 g/mol. The molecular formula is C12H15BrN2O2. The number of nitrogens with zero attached hydrogens (tertiary/aromatic N) is 1. The Kier molecular flexibility index (Phi) is 5.31. The minimum atomic E-state index is -0.285. The molecule has 0 radical (unpaired) electrons. The summed E-state index contributed by atoms with van der Waals surface area (Å²) in [5.41, 5.74) is 5.88. The fourth-order valence-corrected chi connectivity index (χ4v) is 1.83. The highest BCUT2D eigenvalue weighted by Crippen LogP contribution is 2.13. The number of amides is 2. The zero-order valence-electron chi connectivity index (χ0n) is 9.65. The molecule has 2 amide bonds. The van der Waals surface area contributed by atoms with Gasteiger partial charge in [0.1, 0.15) is 0 Å². The second-order valence-corrected chi connectivity index (χ2v) is 4.54. The molecule has 1 aromatic carbocycles. The summed E-state index contributed by atoms with van der Waals surface area (Å²) in [5, 5.41) is 0. The van der Waals surface area contributed by atoms with Crippen LogP contribution in [-0.4, -0.2) is 29.8 Å². The second kappa shape index (κ2) is 6.51. The van der Waals surface area contributed by atoms with Gasteiger partial charge in [0.05, 0.1) is 0 Å². The quantitative estimate of drug-likeness (QED) is 0.922. The van der Waals surface area contributed by atoms with E-state index in [0.29, 0.717) is 25.1 Å². The number of hydrogen-bond acceptors (Lipinski definition) is 3. The maximum Gasteiger partial charge on any atom is 0.260 e. The summed E-state index contributed by atoms with van der Waals surface area (Å²) in [6.45, 7) is 2.19. The number of hydrogen-bond donors (Lipinski definition) is 1. The zero-order chi connectivity index (χ0) is 12.8. The van der Waals surface area contributed by atoms with Gasteiger partial charge in [0.15, 0.2) is 0 Å². The average Bonchev–Trinajstić information content (AvgIpc) is 2.29. The number of benzene rings is 1. The molecule has 5 heteroatoms. The number of carbonyl (C=O) groups excluding carboxylic acids is 2. The lowest BCUT2D eigenvalue weighted by molar-refractivity contribution is -0.126. The van der Waals surface area contributed by atoms with Crippen molar-refractivity contribution in [3.63, 3.8) is 0 Å². The minimum Gasteiger partial charge on any atom is -0.330 e. The molecule has 2 N–H and O–H groups in total. The monoisotopic (exact) mass is 298 g/mol. The van der Waals surface area contributed by atoms with Crippen molar-refractivity contribution in [2.45, 2.75) is 13.3 Å². The molecule has 1 aromatic rings. The molecule has 0 spiro atoms. The highest BCUT2D eigenvalue weighted by molar-refractivity contribution is 9.10. The zero-order valence-corrected chi connectivity index (χ0v) is 11.2. The van der Waals surface area contributed by atoms with Crippen molar-refractivity contribution < 1.29 is 9.59 Å². The number of carbonyl (C=O) groups is 2. The number of halogens is 1. The van der Waals surface area contributed by atoms with Crippen molar-refractivity contribution in [1.29, 1.82) is 0 Å². The van der Waals surface area contributed by atoms with Crippen LogP contribution in [0.25, 0.3) is 0 Å². The molecular weight excluding hydrogens is 284 g/mol. The summed E-state index contributed by atoms with van der Waals surface area (Å²) in [6, 6.07) is 6.97. The predicted molar refractivity (Wildman–Crippen MR) is 69.5 cm³/mol. The fourth-order valence-electron chi connectivity index (χ4n) is 1.43. The van der Waals surface area contributed by atoms with E-state index in [2.05, 4.69) is 15.9 Å². The summed E-state index contributed by atoms with van der Waals surface area (Å²) in [5.74, 6) is -0.546. The molecule has 0 heterocycles. The summed E-state index contributed by atoms with van der Waals surface area (Å²) < 4.78 is 0.811. The van der Waals surface area contributed by atoms with Crippen LogP contribution in [0.3, 0.4) is 0 Å². The van der Waals surface area contributed by atoms with Gasteiger partial charge in [0, 0.05) is 23.5 Å². The highest BCUT2D eigenvalue weighted by atomic mass is 79.9. The van der Waals surface area contributed by atoms with Crippen LogP contribution in [0.1, 0.15) is 23.7 Å². The van der Waals surface area contributed by atoms with Crippen molar-refractivity contribution in [3.05, 3.63) is 34.3 Å². The van der Waals surface area contributed by atoms with Crippen LogP contribution < -0.4 is 5.73 Å². The van der Waals surface area contributed by atoms with E-state index in [-0.39, 0.29) is 11.8 Å². The third kappa shape index (κ3) is 3.94. The summed E-state index contributed by atoms with van der Waals surface area (Å²) in [6.07, 6.45) is 0.610. The van der Waals surface area contributed by atoms with Gasteiger partial charge in [-0.15, -0.1) is 0 Å². The topological polar surface area (TPSA) is 63.4 Å². The Balaban J connectivity index is 2.88. The molecule has 1 rings (SSSR count). The van der Waals surface area contributed by atoms with Gasteiger partial charge in [-0.3, -0.25) is 14.5 Å². The Labute approximate surface area is 109 Å². The molecule has 0 aliphatic rings. The van der Waals surface area contributed by atoms with Crippen LogP contribution >= 0.6 is 15.9 Å². The molecule has 0 aromatic heterocycles. The van der Waals surface area contributed by atoms with E-state index in [1.165, 1.54) is 11.8 Å². The van der Waals surface area contributed by atoms with E-state index < -0.39 is 0 Å². The second-order valence-electron chi connectivity index (χ2n) is 3.63. The predicted octanol–water partition coefficient (Wildman–Crippen LogP) is 1.79. The smallest absolute Gasteiger partial charge is 0.260 e. The van der Waals surface area contributed by atoms with Gasteiger partial charge in [-0.25, -0.2) is 0 Å². The number of rotatable bonds is 4. The van der Waals surface area contributed by atoms with Crippen LogP contribution in [-0.2, 0) is 4.79 Å². The summed E-state index contributed by atoms with van der Waals surface area (Å²) >= 11 is 3.29. The molecule has 17 heavy (non-hydrogen) atoms. The molecule has 0 bridgehead atoms. The van der Waals surface area contributed by atoms with Gasteiger partial charge < -0.3 is 5.73 Å². The van der Waals surface area contributed by atoms with Gasteiger partial charge >= 0.3 is 0 Å². The first-order chi connectivity index (χ1) is 8.06. The van der Waals surface area contributed by atoms with Gasteiger partial charge in [0.25, 0.3) is 5.91 Å². The lowest BCUT2D eigenvalue weighted by atomic mass is 10.2. The van der Waals surface area contributed by atoms with Gasteiger partial charge in [0.2, 0.25) is 5.91 Å². The molecule has 0 aliphatic heterocycles. The van der Waals surface area contributed by atoms with Gasteiger partial charge in [-0.2, -0.15) is 0 Å². The van der Waals surface area contributed by atoms with Crippen molar-refractivity contribution >= 4 is 27.7 Å². The van der Waals surface area contributed by atoms with Crippen LogP contribution in [0.5, 0.6) is 0 Å². The Morgan fingerprint density at radius 3 is 2.65 bits per heavy atom. The summed E-state index contributed by atoms with van der Waals surface area (Å²) in [7, 11) is 0. The van der Waals surface area contributed by atoms with Gasteiger partial charge in [-0.1, -0.05) is 22.0 Å². The maximum absolute atomic E-state index is 12.1. The van der Waals surface area contributed by atoms with E-state index in [9.17, 15) is 9.59 Å². The molecule has 0 aliphatic carbocycles. The Bertz CT molecular complexity index is 421. The summed E-state index contributed by atoms with van der Waals surface area (Å²) in [4.78, 5) is 24.7. The number of imide groups is 1. The Morgan fingerprint density at radius 2 is 2.12 bits per heavy atom. The molecule has 4 nitrogen and oxygen atoms in total. The van der Waals surface area contributed by atoms with Crippen LogP contribution in [0.2, 0.25) is 0 Å². The lowest BCUT2D eigenvalue weighted by Gasteiger charge is -2.18. The van der Waals surface area contributed by atoms with Crippen molar-refractivity contribution in [2.75, 3.05) is 13.1 Å². The van der Waals surface area contributed by atoms with Crippen molar-refractivity contribution in [3.8, 4) is 0 Å². The Morgan fingerprint density at radius 1 is 1.41 bits per heavy atom. The normalized spacial score (nSPS) is 10.1. The molecule has 0 fully saturated rings. The van der Waals surface area contributed by atoms with E-state index in [1.54, 1.807) is 18.2 Å². The van der Waals surface area contributed by atoms with Crippen molar-refractivity contribution in [1.82, 2.24) is 4.90 Å². The van der Waals surface area contributed by atoms with E-state index in [4.69, 9.17) is 5.73 Å².